The van der Waals surface area contributed by atoms with E-state index in [1.54, 1.807) is 24.3 Å². The van der Waals surface area contributed by atoms with E-state index < -0.39 is 21.8 Å². The van der Waals surface area contributed by atoms with Crippen molar-refractivity contribution in [2.75, 3.05) is 11.6 Å². The SMILES string of the molecule is Cc1c([C@@H](NC(=O)Nc2cccc(S(C)(=N)=O)c2)C(C)C)oc2ccc(F)cc12. The van der Waals surface area contributed by atoms with Crippen LogP contribution in [0, 0.1) is 23.4 Å². The fraction of sp³-hybridized carbons (Fsp3) is 0.286. The molecule has 0 fully saturated rings. The molecule has 0 spiro atoms. The average molecular weight is 418 g/mol. The number of carbonyl (C=O) groups excluding carboxylic acids is 1. The molecule has 2 amide bonds. The average Bonchev–Trinajstić information content (AvgIpc) is 2.95. The fourth-order valence-corrected chi connectivity index (χ4v) is 3.86. The molecule has 2 atom stereocenters. The lowest BCUT2D eigenvalue weighted by atomic mass is 9.98. The Morgan fingerprint density at radius 1 is 1.21 bits per heavy atom. The molecular formula is C21H24FN3O3S. The summed E-state index contributed by atoms with van der Waals surface area (Å²) in [5.74, 6) is 0.243. The van der Waals surface area contributed by atoms with Gasteiger partial charge in [0.15, 0.2) is 0 Å². The molecule has 154 valence electrons. The van der Waals surface area contributed by atoms with Crippen LogP contribution in [0.1, 0.15) is 31.2 Å². The first kappa shape index (κ1) is 20.9. The van der Waals surface area contributed by atoms with Crippen molar-refractivity contribution < 1.29 is 17.8 Å². The van der Waals surface area contributed by atoms with Crippen LogP contribution < -0.4 is 10.6 Å². The molecule has 2 aromatic carbocycles. The predicted octanol–water partition coefficient (Wildman–Crippen LogP) is 5.43. The van der Waals surface area contributed by atoms with E-state index in [2.05, 4.69) is 10.6 Å². The third-order valence-electron chi connectivity index (χ3n) is 4.71. The van der Waals surface area contributed by atoms with E-state index in [0.717, 1.165) is 5.56 Å². The van der Waals surface area contributed by atoms with Crippen molar-refractivity contribution in [3.63, 3.8) is 0 Å². The zero-order valence-electron chi connectivity index (χ0n) is 16.7. The van der Waals surface area contributed by atoms with E-state index >= 15 is 0 Å². The van der Waals surface area contributed by atoms with Crippen molar-refractivity contribution in [3.05, 3.63) is 59.6 Å². The van der Waals surface area contributed by atoms with Crippen molar-refractivity contribution in [1.82, 2.24) is 5.32 Å². The Labute approximate surface area is 169 Å². The molecule has 3 aromatic rings. The first-order valence-electron chi connectivity index (χ1n) is 9.16. The Hall–Kier alpha value is -2.87. The number of anilines is 1. The highest BCUT2D eigenvalue weighted by atomic mass is 32.2. The lowest BCUT2D eigenvalue weighted by molar-refractivity contribution is 0.241. The molecule has 8 heteroatoms. The number of carbonyl (C=O) groups is 1. The van der Waals surface area contributed by atoms with E-state index in [1.165, 1.54) is 24.5 Å². The molecule has 1 unspecified atom stereocenters. The number of amides is 2. The van der Waals surface area contributed by atoms with Gasteiger partial charge in [-0.3, -0.25) is 0 Å². The summed E-state index contributed by atoms with van der Waals surface area (Å²) in [5.41, 5.74) is 1.78. The summed E-state index contributed by atoms with van der Waals surface area (Å²) in [4.78, 5) is 12.9. The Morgan fingerprint density at radius 2 is 1.93 bits per heavy atom. The number of hydrogen-bond donors (Lipinski definition) is 3. The number of urea groups is 1. The van der Waals surface area contributed by atoms with E-state index in [1.807, 2.05) is 20.8 Å². The van der Waals surface area contributed by atoms with E-state index in [0.29, 0.717) is 27.3 Å². The third-order valence-corrected chi connectivity index (χ3v) is 5.87. The van der Waals surface area contributed by atoms with Gasteiger partial charge in [0.05, 0.1) is 15.8 Å². The van der Waals surface area contributed by atoms with Gasteiger partial charge in [0.25, 0.3) is 0 Å². The summed E-state index contributed by atoms with van der Waals surface area (Å²) in [6.45, 7) is 5.74. The van der Waals surface area contributed by atoms with Crippen molar-refractivity contribution in [1.29, 1.82) is 4.78 Å². The molecule has 0 saturated heterocycles. The summed E-state index contributed by atoms with van der Waals surface area (Å²) in [6.07, 6.45) is 1.33. The Bertz CT molecular complexity index is 1170. The Morgan fingerprint density at radius 3 is 2.59 bits per heavy atom. The number of hydrogen-bond acceptors (Lipinski definition) is 4. The topological polar surface area (TPSA) is 95.2 Å². The number of halogens is 1. The molecule has 0 aliphatic rings. The number of nitrogens with one attached hydrogen (secondary N) is 3. The predicted molar refractivity (Wildman–Crippen MR) is 112 cm³/mol. The van der Waals surface area contributed by atoms with Crippen molar-refractivity contribution in [2.45, 2.75) is 31.7 Å². The molecule has 0 bridgehead atoms. The summed E-state index contributed by atoms with van der Waals surface area (Å²) >= 11 is 0. The second-order valence-corrected chi connectivity index (χ2v) is 9.58. The summed E-state index contributed by atoms with van der Waals surface area (Å²) in [7, 11) is -2.88. The van der Waals surface area contributed by atoms with E-state index in [-0.39, 0.29) is 11.7 Å². The Balaban J connectivity index is 1.85. The largest absolute Gasteiger partial charge is 0.459 e. The molecule has 3 rings (SSSR count). The molecular weight excluding hydrogens is 393 g/mol. The minimum Gasteiger partial charge on any atom is -0.459 e. The second-order valence-electron chi connectivity index (χ2n) is 7.42. The molecule has 0 radical (unpaired) electrons. The number of furan rings is 1. The fourth-order valence-electron chi connectivity index (χ4n) is 3.17. The van der Waals surface area contributed by atoms with Crippen LogP contribution in [0.15, 0.2) is 51.8 Å². The molecule has 1 aromatic heterocycles. The van der Waals surface area contributed by atoms with Crippen molar-refractivity contribution >= 4 is 32.4 Å². The second kappa shape index (κ2) is 7.87. The molecule has 0 aliphatic heterocycles. The van der Waals surface area contributed by atoms with Crippen LogP contribution in [0.4, 0.5) is 14.9 Å². The maximum Gasteiger partial charge on any atom is 0.319 e. The number of benzene rings is 2. The van der Waals surface area contributed by atoms with Crippen LogP contribution in [-0.2, 0) is 9.73 Å². The van der Waals surface area contributed by atoms with E-state index in [9.17, 15) is 13.4 Å². The lowest BCUT2D eigenvalue weighted by Crippen LogP contribution is -2.35. The molecule has 1 heterocycles. The van der Waals surface area contributed by atoms with Gasteiger partial charge in [-0.05, 0) is 49.2 Å². The monoisotopic (exact) mass is 417 g/mol. The maximum absolute atomic E-state index is 13.6. The van der Waals surface area contributed by atoms with Crippen LogP contribution in [0.25, 0.3) is 11.0 Å². The zero-order chi connectivity index (χ0) is 21.3. The molecule has 3 N–H and O–H groups in total. The normalized spacial score (nSPS) is 14.6. The highest BCUT2D eigenvalue weighted by molar-refractivity contribution is 7.91. The minimum atomic E-state index is -2.88. The van der Waals surface area contributed by atoms with E-state index in [4.69, 9.17) is 9.20 Å². The third kappa shape index (κ3) is 4.59. The van der Waals surface area contributed by atoms with Gasteiger partial charge in [0, 0.05) is 27.8 Å². The summed E-state index contributed by atoms with van der Waals surface area (Å²) in [6, 6.07) is 9.86. The highest BCUT2D eigenvalue weighted by Crippen LogP contribution is 2.33. The molecule has 0 aliphatic carbocycles. The van der Waals surface area contributed by atoms with Gasteiger partial charge in [0.2, 0.25) is 0 Å². The van der Waals surface area contributed by atoms with Crippen LogP contribution in [0.2, 0.25) is 0 Å². The minimum absolute atomic E-state index is 0.0128. The molecule has 29 heavy (non-hydrogen) atoms. The van der Waals surface area contributed by atoms with Crippen LogP contribution >= 0.6 is 0 Å². The number of rotatable bonds is 5. The zero-order valence-corrected chi connectivity index (χ0v) is 17.5. The standard InChI is InChI=1S/C21H24FN3O3S/c1-12(2)19(20-13(3)17-10-14(22)8-9-18(17)28-20)25-21(26)24-15-6-5-7-16(11-15)29(4,23)27/h5-12,19,23H,1-4H3,(H2,24,25,26)/t19-,29?/m0/s1. The van der Waals surface area contributed by atoms with Crippen LogP contribution in [0.5, 0.6) is 0 Å². The number of aryl methyl sites for hydroxylation is 1. The van der Waals surface area contributed by atoms with Crippen LogP contribution in [0.3, 0.4) is 0 Å². The molecule has 6 nitrogen and oxygen atoms in total. The summed E-state index contributed by atoms with van der Waals surface area (Å²) < 4.78 is 39.1. The van der Waals surface area contributed by atoms with Gasteiger partial charge in [0.1, 0.15) is 17.2 Å². The summed E-state index contributed by atoms with van der Waals surface area (Å²) in [5, 5.41) is 6.29. The molecule has 0 saturated carbocycles. The van der Waals surface area contributed by atoms with Crippen molar-refractivity contribution in [2.24, 2.45) is 5.92 Å². The van der Waals surface area contributed by atoms with Crippen molar-refractivity contribution in [3.8, 4) is 0 Å². The smallest absolute Gasteiger partial charge is 0.319 e. The van der Waals surface area contributed by atoms with Gasteiger partial charge < -0.3 is 15.1 Å². The first-order valence-corrected chi connectivity index (χ1v) is 11.1. The van der Waals surface area contributed by atoms with Gasteiger partial charge >= 0.3 is 6.03 Å². The Kier molecular flexibility index (Phi) is 5.66. The quantitative estimate of drug-likeness (QED) is 0.516. The first-order chi connectivity index (χ1) is 13.6. The van der Waals surface area contributed by atoms with Gasteiger partial charge in [-0.15, -0.1) is 0 Å². The van der Waals surface area contributed by atoms with Gasteiger partial charge in [-0.25, -0.2) is 18.2 Å². The number of fused-ring (bicyclic) bond motifs is 1. The van der Waals surface area contributed by atoms with Crippen LogP contribution in [-0.4, -0.2) is 16.5 Å². The van der Waals surface area contributed by atoms with Gasteiger partial charge in [-0.2, -0.15) is 0 Å². The lowest BCUT2D eigenvalue weighted by Gasteiger charge is -2.21. The maximum atomic E-state index is 13.6. The highest BCUT2D eigenvalue weighted by Gasteiger charge is 2.25. The van der Waals surface area contributed by atoms with Gasteiger partial charge in [-0.1, -0.05) is 19.9 Å².